The topological polar surface area (TPSA) is 90.9 Å². The first-order valence-electron chi connectivity index (χ1n) is 9.49. The summed E-state index contributed by atoms with van der Waals surface area (Å²) in [6.45, 7) is 0.504. The van der Waals surface area contributed by atoms with Gasteiger partial charge in [0.1, 0.15) is 5.03 Å². The second-order valence-electron chi connectivity index (χ2n) is 6.99. The van der Waals surface area contributed by atoms with Crippen molar-refractivity contribution in [2.75, 3.05) is 0 Å². The van der Waals surface area contributed by atoms with Gasteiger partial charge in [-0.25, -0.2) is 4.79 Å². The van der Waals surface area contributed by atoms with Crippen molar-refractivity contribution in [3.8, 4) is 0 Å². The molecular weight excluding hydrogens is 388 g/mol. The van der Waals surface area contributed by atoms with Crippen LogP contribution in [0.15, 0.2) is 58.6 Å². The molecule has 0 atom stereocenters. The van der Waals surface area contributed by atoms with Gasteiger partial charge in [-0.3, -0.25) is 19.7 Å². The first-order valence-corrected chi connectivity index (χ1v) is 10.5. The van der Waals surface area contributed by atoms with Gasteiger partial charge in [0, 0.05) is 41.5 Å². The summed E-state index contributed by atoms with van der Waals surface area (Å²) in [5, 5.41) is 11.6. The van der Waals surface area contributed by atoms with Gasteiger partial charge in [-0.15, -0.1) is 11.8 Å². The summed E-state index contributed by atoms with van der Waals surface area (Å²) in [5.74, 6) is 0.616. The van der Waals surface area contributed by atoms with Crippen LogP contribution in [0.5, 0.6) is 0 Å². The molecule has 4 rings (SSSR count). The standard InChI is InChI=1S/C21H20N4O3S/c26-21-23-20(29-14-16-5-7-17(8-6-16)25(27)28)18-3-1-2-4-19(18)24(21)13-15-9-11-22-12-10-15/h5-12H,1-4,13-14H2. The number of hydrogen-bond donors (Lipinski definition) is 0. The molecule has 1 aliphatic rings. The molecule has 2 heterocycles. The fourth-order valence-electron chi connectivity index (χ4n) is 3.57. The molecule has 0 amide bonds. The van der Waals surface area contributed by atoms with Crippen molar-refractivity contribution in [2.24, 2.45) is 0 Å². The predicted octanol–water partition coefficient (Wildman–Crippen LogP) is 3.77. The minimum atomic E-state index is -0.405. The molecule has 0 bridgehead atoms. The lowest BCUT2D eigenvalue weighted by molar-refractivity contribution is -0.384. The number of hydrogen-bond acceptors (Lipinski definition) is 6. The SMILES string of the molecule is O=c1nc(SCc2ccc([N+](=O)[O-])cc2)c2c(n1Cc1ccncc1)CCCC2. The summed E-state index contributed by atoms with van der Waals surface area (Å²) in [7, 11) is 0. The number of nitrogens with zero attached hydrogens (tertiary/aromatic N) is 4. The van der Waals surface area contributed by atoms with Crippen LogP contribution in [0.2, 0.25) is 0 Å². The quantitative estimate of drug-likeness (QED) is 0.267. The van der Waals surface area contributed by atoms with E-state index in [1.165, 1.54) is 23.9 Å². The van der Waals surface area contributed by atoms with Gasteiger partial charge in [0.15, 0.2) is 0 Å². The van der Waals surface area contributed by atoms with Crippen LogP contribution < -0.4 is 5.69 Å². The molecule has 29 heavy (non-hydrogen) atoms. The minimum absolute atomic E-state index is 0.0768. The van der Waals surface area contributed by atoms with Gasteiger partial charge >= 0.3 is 5.69 Å². The average molecular weight is 408 g/mol. The molecule has 0 N–H and O–H groups in total. The van der Waals surface area contributed by atoms with Crippen LogP contribution in [0.25, 0.3) is 0 Å². The van der Waals surface area contributed by atoms with Gasteiger partial charge in [0.25, 0.3) is 5.69 Å². The second kappa shape index (κ2) is 8.57. The number of fused-ring (bicyclic) bond motifs is 1. The second-order valence-corrected chi connectivity index (χ2v) is 7.95. The summed E-state index contributed by atoms with van der Waals surface area (Å²) >= 11 is 1.53. The number of pyridine rings is 1. The molecule has 0 spiro atoms. The first-order chi connectivity index (χ1) is 14.1. The summed E-state index contributed by atoms with van der Waals surface area (Å²) in [6.07, 6.45) is 7.42. The fraction of sp³-hybridized carbons (Fsp3) is 0.286. The number of nitro groups is 1. The lowest BCUT2D eigenvalue weighted by atomic mass is 9.97. The summed E-state index contributed by atoms with van der Waals surface area (Å²) < 4.78 is 1.79. The Morgan fingerprint density at radius 1 is 1.03 bits per heavy atom. The molecule has 3 aromatic rings. The Labute approximate surface area is 172 Å². The Bertz CT molecular complexity index is 1080. The molecule has 0 radical (unpaired) electrons. The van der Waals surface area contributed by atoms with Gasteiger partial charge in [0.2, 0.25) is 0 Å². The largest absolute Gasteiger partial charge is 0.349 e. The summed E-state index contributed by atoms with van der Waals surface area (Å²) in [4.78, 5) is 31.6. The number of benzene rings is 1. The Hall–Kier alpha value is -3.00. The maximum atomic E-state index is 12.8. The van der Waals surface area contributed by atoms with Crippen LogP contribution in [0.1, 0.15) is 35.2 Å². The van der Waals surface area contributed by atoms with Crippen LogP contribution in [0.3, 0.4) is 0 Å². The molecule has 0 unspecified atom stereocenters. The van der Waals surface area contributed by atoms with Crippen LogP contribution in [-0.4, -0.2) is 19.5 Å². The van der Waals surface area contributed by atoms with Crippen molar-refractivity contribution >= 4 is 17.4 Å². The van der Waals surface area contributed by atoms with E-state index in [4.69, 9.17) is 0 Å². The molecule has 1 aliphatic carbocycles. The smallest absolute Gasteiger partial charge is 0.292 e. The van der Waals surface area contributed by atoms with Crippen molar-refractivity contribution in [3.05, 3.63) is 91.8 Å². The van der Waals surface area contributed by atoms with E-state index in [9.17, 15) is 14.9 Å². The lowest BCUT2D eigenvalue weighted by Crippen LogP contribution is -2.30. The minimum Gasteiger partial charge on any atom is -0.292 e. The number of nitro benzene ring substituents is 1. The van der Waals surface area contributed by atoms with Crippen LogP contribution in [0.4, 0.5) is 5.69 Å². The zero-order valence-electron chi connectivity index (χ0n) is 15.8. The molecule has 7 nitrogen and oxygen atoms in total. The molecular formula is C21H20N4O3S. The Morgan fingerprint density at radius 3 is 2.48 bits per heavy atom. The number of aromatic nitrogens is 3. The van der Waals surface area contributed by atoms with Gasteiger partial charge < -0.3 is 0 Å². The average Bonchev–Trinajstić information content (AvgIpc) is 2.75. The van der Waals surface area contributed by atoms with Gasteiger partial charge in [-0.1, -0.05) is 12.1 Å². The van der Waals surface area contributed by atoms with Gasteiger partial charge in [-0.05, 0) is 48.9 Å². The highest BCUT2D eigenvalue weighted by atomic mass is 32.2. The van der Waals surface area contributed by atoms with E-state index in [0.717, 1.165) is 53.1 Å². The lowest BCUT2D eigenvalue weighted by Gasteiger charge is -2.22. The molecule has 0 aliphatic heterocycles. The van der Waals surface area contributed by atoms with Crippen molar-refractivity contribution in [2.45, 2.75) is 43.0 Å². The molecule has 0 fully saturated rings. The van der Waals surface area contributed by atoms with E-state index in [2.05, 4.69) is 9.97 Å². The van der Waals surface area contributed by atoms with Crippen LogP contribution in [-0.2, 0) is 25.1 Å². The molecule has 148 valence electrons. The van der Waals surface area contributed by atoms with Crippen molar-refractivity contribution in [3.63, 3.8) is 0 Å². The van der Waals surface area contributed by atoms with Crippen molar-refractivity contribution in [1.29, 1.82) is 0 Å². The maximum absolute atomic E-state index is 12.8. The highest BCUT2D eigenvalue weighted by Gasteiger charge is 2.20. The van der Waals surface area contributed by atoms with E-state index in [1.807, 2.05) is 12.1 Å². The summed E-state index contributed by atoms with van der Waals surface area (Å²) in [6, 6.07) is 10.3. The van der Waals surface area contributed by atoms with Crippen molar-refractivity contribution < 1.29 is 4.92 Å². The molecule has 0 saturated heterocycles. The highest BCUT2D eigenvalue weighted by Crippen LogP contribution is 2.31. The van der Waals surface area contributed by atoms with Crippen molar-refractivity contribution in [1.82, 2.24) is 14.5 Å². The normalized spacial score (nSPS) is 13.1. The van der Waals surface area contributed by atoms with E-state index < -0.39 is 4.92 Å². The van der Waals surface area contributed by atoms with E-state index in [1.54, 1.807) is 29.1 Å². The number of thioether (sulfide) groups is 1. The number of rotatable bonds is 6. The third-order valence-electron chi connectivity index (χ3n) is 5.06. The maximum Gasteiger partial charge on any atom is 0.349 e. The number of non-ortho nitro benzene ring substituents is 1. The third-order valence-corrected chi connectivity index (χ3v) is 6.15. The van der Waals surface area contributed by atoms with Gasteiger partial charge in [-0.2, -0.15) is 4.98 Å². The van der Waals surface area contributed by atoms with E-state index in [-0.39, 0.29) is 11.4 Å². The zero-order chi connectivity index (χ0) is 20.2. The Kier molecular flexibility index (Phi) is 5.71. The van der Waals surface area contributed by atoms with E-state index >= 15 is 0 Å². The molecule has 0 saturated carbocycles. The monoisotopic (exact) mass is 408 g/mol. The van der Waals surface area contributed by atoms with Gasteiger partial charge in [0.05, 0.1) is 11.5 Å². The van der Waals surface area contributed by atoms with E-state index in [0.29, 0.717) is 12.3 Å². The molecule has 8 heteroatoms. The Balaban J connectivity index is 1.60. The highest BCUT2D eigenvalue weighted by molar-refractivity contribution is 7.98. The first kappa shape index (κ1) is 19.3. The predicted molar refractivity (Wildman–Crippen MR) is 111 cm³/mol. The van der Waals surface area contributed by atoms with Crippen LogP contribution >= 0.6 is 11.8 Å². The van der Waals surface area contributed by atoms with Crippen LogP contribution in [0, 0.1) is 10.1 Å². The molecule has 2 aromatic heterocycles. The Morgan fingerprint density at radius 2 is 1.76 bits per heavy atom. The molecule has 1 aromatic carbocycles. The third kappa shape index (κ3) is 4.37. The fourth-order valence-corrected chi connectivity index (χ4v) is 4.60. The zero-order valence-corrected chi connectivity index (χ0v) is 16.6. The summed E-state index contributed by atoms with van der Waals surface area (Å²) in [5.41, 5.74) is 4.09.